The average molecular weight is 185 g/mol. The first kappa shape index (κ1) is 6.88. The van der Waals surface area contributed by atoms with Crippen LogP contribution in [0.15, 0.2) is 27.8 Å². The van der Waals surface area contributed by atoms with Crippen molar-refractivity contribution in [3.8, 4) is 0 Å². The molecule has 0 aliphatic rings. The molecule has 2 aromatic rings. The monoisotopic (exact) mass is 184 g/mol. The Morgan fingerprint density at radius 3 is 3.09 bits per heavy atom. The van der Waals surface area contributed by atoms with Gasteiger partial charge in [0.1, 0.15) is 5.52 Å². The van der Waals surface area contributed by atoms with Crippen LogP contribution in [0.1, 0.15) is 0 Å². The van der Waals surface area contributed by atoms with Gasteiger partial charge in [0.2, 0.25) is 0 Å². The third-order valence-corrected chi connectivity index (χ3v) is 1.74. The summed E-state index contributed by atoms with van der Waals surface area (Å²) in [6.45, 7) is 0. The summed E-state index contributed by atoms with van der Waals surface area (Å²) in [5.74, 6) is 0. The largest absolute Gasteiger partial charge is 0.428 e. The van der Waals surface area contributed by atoms with Gasteiger partial charge in [0, 0.05) is 11.1 Å². The first-order valence-electron chi connectivity index (χ1n) is 2.99. The van der Waals surface area contributed by atoms with E-state index in [1.54, 1.807) is 18.2 Å². The van der Waals surface area contributed by atoms with Gasteiger partial charge < -0.3 is 4.42 Å². The number of nitrogens with zero attached hydrogens (tertiary/aromatic N) is 1. The number of benzene rings is 1. The van der Waals surface area contributed by atoms with Crippen LogP contribution in [0.25, 0.3) is 11.1 Å². The molecule has 0 fully saturated rings. The SMILES string of the molecule is [S]c1nc2ccc(Cl)cc2o1. The van der Waals surface area contributed by atoms with E-state index in [9.17, 15) is 0 Å². The van der Waals surface area contributed by atoms with Crippen LogP contribution in [0.5, 0.6) is 0 Å². The third-order valence-electron chi connectivity index (χ3n) is 1.33. The predicted octanol–water partition coefficient (Wildman–Crippen LogP) is 3.04. The second kappa shape index (κ2) is 2.36. The molecule has 0 unspecified atom stereocenters. The molecule has 0 N–H and O–H groups in total. The van der Waals surface area contributed by atoms with E-state index in [1.807, 2.05) is 0 Å². The first-order valence-corrected chi connectivity index (χ1v) is 3.77. The van der Waals surface area contributed by atoms with E-state index in [1.165, 1.54) is 0 Å². The highest BCUT2D eigenvalue weighted by molar-refractivity contribution is 7.80. The van der Waals surface area contributed by atoms with Gasteiger partial charge in [0.15, 0.2) is 5.58 Å². The molecule has 0 saturated carbocycles. The van der Waals surface area contributed by atoms with Gasteiger partial charge in [-0.25, -0.2) is 0 Å². The Labute approximate surface area is 73.6 Å². The summed E-state index contributed by atoms with van der Waals surface area (Å²) in [6.07, 6.45) is 0. The van der Waals surface area contributed by atoms with Crippen molar-refractivity contribution in [2.75, 3.05) is 0 Å². The molecule has 4 heteroatoms. The topological polar surface area (TPSA) is 26.0 Å². The number of aromatic nitrogens is 1. The van der Waals surface area contributed by atoms with Crippen molar-refractivity contribution < 1.29 is 4.42 Å². The maximum absolute atomic E-state index is 5.71. The minimum Gasteiger partial charge on any atom is -0.428 e. The fraction of sp³-hybridized carbons (Fsp3) is 0. The van der Waals surface area contributed by atoms with Gasteiger partial charge in [-0.3, -0.25) is 0 Å². The van der Waals surface area contributed by atoms with E-state index < -0.39 is 0 Å². The highest BCUT2D eigenvalue weighted by Crippen LogP contribution is 2.21. The molecule has 11 heavy (non-hydrogen) atoms. The Balaban J connectivity index is 2.82. The quantitative estimate of drug-likeness (QED) is 0.629. The third kappa shape index (κ3) is 1.17. The summed E-state index contributed by atoms with van der Waals surface area (Å²) in [6, 6.07) is 5.22. The molecule has 2 nitrogen and oxygen atoms in total. The standard InChI is InChI=1S/C7H3ClNOS/c8-4-1-2-5-6(3-4)10-7(11)9-5/h1-3H. The number of oxazole rings is 1. The second-order valence-corrected chi connectivity index (χ2v) is 2.88. The maximum atomic E-state index is 5.71. The number of halogens is 1. The molecule has 0 atom stereocenters. The fourth-order valence-electron chi connectivity index (χ4n) is 0.877. The van der Waals surface area contributed by atoms with Crippen molar-refractivity contribution >= 4 is 35.3 Å². The molecular formula is C7H3ClNOS. The minimum atomic E-state index is 0.252. The van der Waals surface area contributed by atoms with Crippen molar-refractivity contribution in [1.29, 1.82) is 0 Å². The van der Waals surface area contributed by atoms with Gasteiger partial charge >= 0.3 is 0 Å². The molecular weight excluding hydrogens is 182 g/mol. The Morgan fingerprint density at radius 1 is 1.45 bits per heavy atom. The van der Waals surface area contributed by atoms with E-state index in [-0.39, 0.29) is 5.22 Å². The molecule has 55 valence electrons. The van der Waals surface area contributed by atoms with E-state index in [4.69, 9.17) is 28.6 Å². The van der Waals surface area contributed by atoms with E-state index in [0.29, 0.717) is 10.6 Å². The van der Waals surface area contributed by atoms with Crippen LogP contribution in [0.3, 0.4) is 0 Å². The molecule has 2 rings (SSSR count). The Hall–Kier alpha value is -0.800. The van der Waals surface area contributed by atoms with Crippen molar-refractivity contribution in [2.45, 2.75) is 5.22 Å². The zero-order chi connectivity index (χ0) is 7.84. The van der Waals surface area contributed by atoms with Crippen LogP contribution in [0, 0.1) is 0 Å². The number of hydrogen-bond donors (Lipinski definition) is 0. The molecule has 0 saturated heterocycles. The van der Waals surface area contributed by atoms with Crippen LogP contribution in [-0.4, -0.2) is 4.98 Å². The lowest BCUT2D eigenvalue weighted by Gasteiger charge is -1.85. The first-order chi connectivity index (χ1) is 5.25. The zero-order valence-corrected chi connectivity index (χ0v) is 6.95. The lowest BCUT2D eigenvalue weighted by Crippen LogP contribution is -1.66. The number of hydrogen-bond acceptors (Lipinski definition) is 2. The van der Waals surface area contributed by atoms with Crippen LogP contribution >= 0.6 is 24.2 Å². The van der Waals surface area contributed by atoms with Crippen LogP contribution in [0.2, 0.25) is 5.02 Å². The molecule has 0 bridgehead atoms. The molecule has 0 aliphatic heterocycles. The Morgan fingerprint density at radius 2 is 2.27 bits per heavy atom. The Bertz CT molecular complexity index is 398. The second-order valence-electron chi connectivity index (χ2n) is 2.09. The summed E-state index contributed by atoms with van der Waals surface area (Å²) >= 11 is 10.4. The lowest BCUT2D eigenvalue weighted by atomic mass is 10.3. The lowest BCUT2D eigenvalue weighted by molar-refractivity contribution is 0.492. The van der Waals surface area contributed by atoms with Crippen molar-refractivity contribution in [1.82, 2.24) is 4.98 Å². The van der Waals surface area contributed by atoms with E-state index in [2.05, 4.69) is 4.98 Å². The zero-order valence-electron chi connectivity index (χ0n) is 5.37. The number of fused-ring (bicyclic) bond motifs is 1. The molecule has 1 heterocycles. The summed E-state index contributed by atoms with van der Waals surface area (Å²) in [4.78, 5) is 3.94. The average Bonchev–Trinajstić information content (AvgIpc) is 2.27. The summed E-state index contributed by atoms with van der Waals surface area (Å²) in [5, 5.41) is 0.880. The van der Waals surface area contributed by atoms with E-state index in [0.717, 1.165) is 5.52 Å². The summed E-state index contributed by atoms with van der Waals surface area (Å²) in [7, 11) is 0. The van der Waals surface area contributed by atoms with Gasteiger partial charge in [-0.2, -0.15) is 4.98 Å². The molecule has 0 aliphatic carbocycles. The normalized spacial score (nSPS) is 10.6. The minimum absolute atomic E-state index is 0.252. The Kier molecular flexibility index (Phi) is 1.47. The van der Waals surface area contributed by atoms with Crippen molar-refractivity contribution in [2.24, 2.45) is 0 Å². The van der Waals surface area contributed by atoms with Gasteiger partial charge in [0.05, 0.1) is 0 Å². The number of rotatable bonds is 0. The maximum Gasteiger partial charge on any atom is 0.289 e. The predicted molar refractivity (Wildman–Crippen MR) is 44.9 cm³/mol. The smallest absolute Gasteiger partial charge is 0.289 e. The summed E-state index contributed by atoms with van der Waals surface area (Å²) in [5.41, 5.74) is 1.39. The van der Waals surface area contributed by atoms with Crippen LogP contribution in [-0.2, 0) is 0 Å². The molecule has 0 spiro atoms. The van der Waals surface area contributed by atoms with E-state index >= 15 is 0 Å². The molecule has 1 radical (unpaired) electrons. The van der Waals surface area contributed by atoms with Crippen LogP contribution in [0.4, 0.5) is 0 Å². The highest BCUT2D eigenvalue weighted by atomic mass is 35.5. The summed E-state index contributed by atoms with van der Waals surface area (Å²) < 4.78 is 5.07. The highest BCUT2D eigenvalue weighted by Gasteiger charge is 2.02. The van der Waals surface area contributed by atoms with Gasteiger partial charge in [-0.15, -0.1) is 0 Å². The van der Waals surface area contributed by atoms with Gasteiger partial charge in [-0.1, -0.05) is 11.6 Å². The van der Waals surface area contributed by atoms with Crippen molar-refractivity contribution in [3.63, 3.8) is 0 Å². The van der Waals surface area contributed by atoms with Crippen molar-refractivity contribution in [3.05, 3.63) is 23.2 Å². The van der Waals surface area contributed by atoms with Gasteiger partial charge in [-0.05, 0) is 24.8 Å². The van der Waals surface area contributed by atoms with Crippen LogP contribution < -0.4 is 0 Å². The molecule has 1 aromatic carbocycles. The molecule has 1 aromatic heterocycles. The van der Waals surface area contributed by atoms with Gasteiger partial charge in [0.25, 0.3) is 5.22 Å². The molecule has 0 amide bonds. The fourth-order valence-corrected chi connectivity index (χ4v) is 1.23.